The summed E-state index contributed by atoms with van der Waals surface area (Å²) in [7, 11) is 1.81. The molecule has 26 heteroatoms. The topological polar surface area (TPSA) is 371 Å². The number of aliphatic hydroxyl groups is 1. The van der Waals surface area contributed by atoms with E-state index in [1.807, 2.05) is 196 Å². The van der Waals surface area contributed by atoms with Gasteiger partial charge in [0.25, 0.3) is 5.91 Å². The Hall–Kier alpha value is -16.9. The van der Waals surface area contributed by atoms with Crippen LogP contribution in [-0.4, -0.2) is 118 Å². The molecule has 1 N–H and O–H groups in total. The number of amides is 1. The minimum atomic E-state index is -0.684. The number of aryl methyl sites for hydroxylation is 1. The Bertz CT molecular complexity index is 8360. The summed E-state index contributed by atoms with van der Waals surface area (Å²) in [5.74, 6) is -0.250. The minimum Gasteiger partial charge on any atom is -0.390 e. The van der Waals surface area contributed by atoms with Crippen molar-refractivity contribution in [2.75, 3.05) is 13.6 Å². The molecular formula is C123H106F2N18O6. The van der Waals surface area contributed by atoms with Crippen molar-refractivity contribution in [3.8, 4) is 104 Å². The Morgan fingerprint density at radius 3 is 1.23 bits per heavy atom. The highest BCUT2D eigenvalue weighted by molar-refractivity contribution is 6.25. The summed E-state index contributed by atoms with van der Waals surface area (Å²) in [4.78, 5) is 129. The summed E-state index contributed by atoms with van der Waals surface area (Å²) in [6.45, 7) is 23.0. The van der Waals surface area contributed by atoms with Gasteiger partial charge < -0.3 is 10.0 Å². The number of rotatable bonds is 12. The number of fused-ring (bicyclic) bond motifs is 14. The molecule has 6 aromatic carbocycles. The van der Waals surface area contributed by atoms with Gasteiger partial charge in [0.15, 0.2) is 46.4 Å². The molecule has 0 radical (unpaired) electrons. The fourth-order valence-electron chi connectivity index (χ4n) is 24.7. The first kappa shape index (κ1) is 99.4. The number of nitrogens with zero attached hydrogens (tertiary/aromatic N) is 18. The highest BCUT2D eigenvalue weighted by atomic mass is 19.1. The number of aliphatic imine (C=N–C) groups is 1. The van der Waals surface area contributed by atoms with Crippen LogP contribution in [0.3, 0.4) is 0 Å². The van der Waals surface area contributed by atoms with Crippen molar-refractivity contribution < 1.29 is 37.9 Å². The predicted octanol–water partition coefficient (Wildman–Crippen LogP) is 22.0. The molecule has 14 aromatic rings. The van der Waals surface area contributed by atoms with E-state index < -0.39 is 21.7 Å². The Balaban J connectivity index is 0.000000121. The van der Waals surface area contributed by atoms with E-state index in [4.69, 9.17) is 44.9 Å². The van der Waals surface area contributed by atoms with Gasteiger partial charge in [-0.25, -0.2) is 48.7 Å². The van der Waals surface area contributed by atoms with Crippen LogP contribution in [0.2, 0.25) is 0 Å². The number of ketones is 4. The Labute approximate surface area is 862 Å². The molecule has 12 atom stereocenters. The van der Waals surface area contributed by atoms with Gasteiger partial charge >= 0.3 is 0 Å². The number of aliphatic hydroxyl groups excluding tert-OH is 1. The van der Waals surface area contributed by atoms with Gasteiger partial charge in [-0.2, -0.15) is 21.0 Å². The molecule has 0 saturated heterocycles. The van der Waals surface area contributed by atoms with E-state index in [0.29, 0.717) is 107 Å². The summed E-state index contributed by atoms with van der Waals surface area (Å²) in [5.41, 5.74) is 21.1. The third-order valence-corrected chi connectivity index (χ3v) is 32.4. The average molecular weight is 1970 g/mol. The van der Waals surface area contributed by atoms with Crippen LogP contribution in [0.5, 0.6) is 0 Å². The van der Waals surface area contributed by atoms with Gasteiger partial charge in [-0.15, -0.1) is 0 Å². The molecule has 9 aliphatic rings. The average Bonchev–Trinajstić information content (AvgIpc) is 1.62. The first-order chi connectivity index (χ1) is 71.8. The second-order valence-electron chi connectivity index (χ2n) is 41.3. The Kier molecular flexibility index (Phi) is 26.5. The summed E-state index contributed by atoms with van der Waals surface area (Å²) >= 11 is 0. The first-order valence-electron chi connectivity index (χ1n) is 50.4. The number of para-hydroxylation sites is 2. The number of pyridine rings is 4. The van der Waals surface area contributed by atoms with Crippen molar-refractivity contribution >= 4 is 62.1 Å². The number of benzene rings is 6. The lowest BCUT2D eigenvalue weighted by atomic mass is 9.57. The van der Waals surface area contributed by atoms with Crippen LogP contribution in [0.4, 0.5) is 8.78 Å². The molecule has 23 rings (SSSR count). The first-order valence-corrected chi connectivity index (χ1v) is 50.4. The monoisotopic (exact) mass is 1970 g/mol. The molecule has 1 aliphatic heterocycles. The molecule has 1 amide bonds. The van der Waals surface area contributed by atoms with Crippen LogP contribution < -0.4 is 0 Å². The van der Waals surface area contributed by atoms with E-state index in [0.717, 1.165) is 143 Å². The maximum Gasteiger partial charge on any atom is 0.253 e. The van der Waals surface area contributed by atoms with Crippen molar-refractivity contribution in [2.45, 2.75) is 162 Å². The molecule has 9 heterocycles. The van der Waals surface area contributed by atoms with Crippen LogP contribution in [0.25, 0.3) is 107 Å². The normalized spacial score (nSPS) is 23.0. The largest absolute Gasteiger partial charge is 0.390 e. The maximum absolute atomic E-state index is 15.0. The van der Waals surface area contributed by atoms with Crippen molar-refractivity contribution in [1.29, 1.82) is 21.0 Å². The lowest BCUT2D eigenvalue weighted by Crippen LogP contribution is -2.46. The van der Waals surface area contributed by atoms with Crippen LogP contribution in [0, 0.1) is 111 Å². The predicted molar refractivity (Wildman–Crippen MR) is 564 cm³/mol. The smallest absolute Gasteiger partial charge is 0.253 e. The molecule has 149 heavy (non-hydrogen) atoms. The zero-order chi connectivity index (χ0) is 105. The number of aromatic nitrogens is 12. The maximum atomic E-state index is 15.0. The third kappa shape index (κ3) is 17.6. The number of nitriles is 4. The minimum absolute atomic E-state index is 0.00135. The van der Waals surface area contributed by atoms with Crippen LogP contribution >= 0.6 is 0 Å². The third-order valence-electron chi connectivity index (χ3n) is 32.4. The standard InChI is InChI=1S/C39H33N5O2.C30H27N5O.C27H23FN4O2.C27H23FN4O/c1-24-32-18-17-31-34(26-13-15-27(16-14-26)38(46)44(3)23-25-9-5-4-6-10-25)42-37(30-19-20-41-33-12-8-7-11-29(30)33)43-36(31)39(32,2)21-28(22-40)35(24)45;1-16-15-33-18(3)25(16)26-22-9-10-23-17(2)27(36)19(14-31)13-30(23,4)28(22)35-29(34-26)21-11-12-32-24-8-6-5-7-20(21)24;1-15-21-8-7-20-23(19-5-3-4-6-22(19)28)31-26(16-9-10-30-18(11-16)14-33)32-25(20)27(21,2)12-17(13-29)24(15)34;1-15-10-17(14-30-13-15)26-31-23(19-6-4-5-7-22(19)28)20-8-9-21-16(2)24(33)18(12-29)11-27(21,3)25(20)32-26/h4-16,19-21,24,32H,17-18,23H2,1-3H3;5-8,11-13,17,23H,9-10,15H2,1-4H3;3-6,9-12,15,21,33H,7-8,14H2,1-2H3;4-7,10-11,13-14,16,21H,8-9H2,1-3H3/t24-,32-,39-;17-,23-,30-;15-,21-,27-;16-,21-,27-/m1111/s1. The second-order valence-corrected chi connectivity index (χ2v) is 41.3. The van der Waals surface area contributed by atoms with Crippen LogP contribution in [0.1, 0.15) is 173 Å². The summed E-state index contributed by atoms with van der Waals surface area (Å²) in [6.07, 6.45) is 21.6. The zero-order valence-electron chi connectivity index (χ0n) is 84.7. The number of allylic oxidation sites excluding steroid dienone is 9. The summed E-state index contributed by atoms with van der Waals surface area (Å²) < 4.78 is 29.9. The van der Waals surface area contributed by atoms with E-state index in [1.54, 1.807) is 96.6 Å². The fourth-order valence-corrected chi connectivity index (χ4v) is 24.7. The molecule has 0 spiro atoms. The SMILES string of the molecule is CC1=NCC(C)=C1c1nc(-c2ccnc3ccccc23)nc2c1CC[C@@H]1[C@@H](C)C(=O)C(C#N)=C[C@@]21C.C[C@H]1C(=O)C(C#N)=C[C@@]2(C)c3nc(-c4ccnc(CO)c4)nc(-c4ccccc4F)c3CC[C@H]12.C[C@H]1C(=O)C(C#N)=C[C@@]2(C)c3nc(-c4ccnc5ccccc45)nc(-c4ccc(C(=O)N(C)Cc5ccccc5)cc4)c3CC[C@H]12.Cc1cncc(-c2nc(-c3ccccc3F)c3c(n2)[C@]2(C)C=C(C#N)C(=O)[C@H](C)[C@H]2CC3)c1. The molecule has 0 fully saturated rings. The molecule has 8 aliphatic carbocycles. The molecule has 0 bridgehead atoms. The van der Waals surface area contributed by atoms with Crippen molar-refractivity contribution in [1.82, 2.24) is 64.7 Å². The molecule has 8 aromatic heterocycles. The van der Waals surface area contributed by atoms with E-state index in [1.165, 1.54) is 17.7 Å². The lowest BCUT2D eigenvalue weighted by molar-refractivity contribution is -0.122. The van der Waals surface area contributed by atoms with Crippen LogP contribution in [-0.2, 0) is 79.7 Å². The van der Waals surface area contributed by atoms with Gasteiger partial charge in [0, 0.05) is 179 Å². The molecule has 24 nitrogen and oxygen atoms in total. The summed E-state index contributed by atoms with van der Waals surface area (Å²) in [5, 5.41) is 50.4. The zero-order valence-corrected chi connectivity index (χ0v) is 84.7. The van der Waals surface area contributed by atoms with Gasteiger partial charge in [0.05, 0.1) is 97.7 Å². The van der Waals surface area contributed by atoms with Gasteiger partial charge in [-0.1, -0.05) is 183 Å². The Morgan fingerprint density at radius 1 is 0.423 bits per heavy atom. The number of carbonyl (C=O) groups excluding carboxylic acids is 5. The van der Waals surface area contributed by atoms with Gasteiger partial charge in [-0.05, 0) is 191 Å². The lowest BCUT2D eigenvalue weighted by Gasteiger charge is -2.45. The molecule has 738 valence electrons. The molecule has 0 unspecified atom stereocenters. The van der Waals surface area contributed by atoms with Gasteiger partial charge in [0.1, 0.15) is 35.9 Å². The highest BCUT2D eigenvalue weighted by Gasteiger charge is 2.55. The van der Waals surface area contributed by atoms with E-state index in [9.17, 15) is 58.9 Å². The van der Waals surface area contributed by atoms with Crippen LogP contribution in [0.15, 0.2) is 270 Å². The summed E-state index contributed by atoms with van der Waals surface area (Å²) in [6, 6.07) is 64.4. The Morgan fingerprint density at radius 2 is 0.812 bits per heavy atom. The van der Waals surface area contributed by atoms with Crippen molar-refractivity contribution in [2.24, 2.45) is 52.3 Å². The van der Waals surface area contributed by atoms with Gasteiger partial charge in [-0.3, -0.25) is 48.9 Å². The number of halogens is 2. The van der Waals surface area contributed by atoms with E-state index in [-0.39, 0.29) is 117 Å². The molecule has 0 saturated carbocycles. The second kappa shape index (κ2) is 39.8. The number of hydrogen-bond donors (Lipinski definition) is 1. The quantitative estimate of drug-likeness (QED) is 0.119. The fraction of sp³-hybridized carbons (Fsp3) is 0.285. The molecular weight excluding hydrogens is 1860 g/mol. The number of hydrogen-bond acceptors (Lipinski definition) is 23. The highest BCUT2D eigenvalue weighted by Crippen LogP contribution is 2.57. The van der Waals surface area contributed by atoms with Crippen molar-refractivity contribution in [3.63, 3.8) is 0 Å². The van der Waals surface area contributed by atoms with Gasteiger partial charge in [0.2, 0.25) is 0 Å². The number of carbonyl (C=O) groups is 5. The number of Topliss-reactive ketones (excluding diaryl/α,β-unsaturated/α-hetero) is 4. The van der Waals surface area contributed by atoms with Crippen molar-refractivity contribution in [3.05, 3.63) is 350 Å². The van der Waals surface area contributed by atoms with E-state index >= 15 is 0 Å². The van der Waals surface area contributed by atoms with E-state index in [2.05, 4.69) is 65.0 Å².